The maximum absolute atomic E-state index is 10.4. The van der Waals surface area contributed by atoms with Crippen LogP contribution in [-0.2, 0) is 4.79 Å². The van der Waals surface area contributed by atoms with E-state index >= 15 is 0 Å². The summed E-state index contributed by atoms with van der Waals surface area (Å²) in [7, 11) is 0. The summed E-state index contributed by atoms with van der Waals surface area (Å²) in [4.78, 5) is 10.4. The van der Waals surface area contributed by atoms with Crippen molar-refractivity contribution in [1.29, 1.82) is 0 Å². The third kappa shape index (κ3) is 2.33. The van der Waals surface area contributed by atoms with Gasteiger partial charge in [0.15, 0.2) is 0 Å². The zero-order valence-electron chi connectivity index (χ0n) is 5.09. The van der Waals surface area contributed by atoms with Crippen LogP contribution in [0.5, 0.6) is 0 Å². The van der Waals surface area contributed by atoms with Gasteiger partial charge >= 0.3 is 0 Å². The Morgan fingerprint density at radius 3 is 2.12 bits per heavy atom. The molecule has 0 saturated heterocycles. The van der Waals surface area contributed by atoms with Crippen LogP contribution in [0, 0.1) is 0 Å². The summed E-state index contributed by atoms with van der Waals surface area (Å²) in [5.74, 6) is -0.00694. The molecule has 0 aliphatic rings. The van der Waals surface area contributed by atoms with Crippen molar-refractivity contribution in [2.45, 2.75) is 25.1 Å². The Morgan fingerprint density at radius 2 is 2.12 bits per heavy atom. The second-order valence-corrected chi connectivity index (χ2v) is 2.69. The van der Waals surface area contributed by atoms with E-state index in [9.17, 15) is 4.79 Å². The summed E-state index contributed by atoms with van der Waals surface area (Å²) in [6, 6.07) is -0.404. The van der Waals surface area contributed by atoms with E-state index in [-0.39, 0.29) is 11.0 Å². The normalized spacial score (nSPS) is 17.5. The van der Waals surface area contributed by atoms with Crippen molar-refractivity contribution in [3.05, 3.63) is 0 Å². The van der Waals surface area contributed by atoms with Crippen LogP contribution in [0.15, 0.2) is 0 Å². The lowest BCUT2D eigenvalue weighted by molar-refractivity contribution is -0.118. The van der Waals surface area contributed by atoms with E-state index in [4.69, 9.17) is 5.73 Å². The van der Waals surface area contributed by atoms with Gasteiger partial charge in [-0.15, -0.1) is 0 Å². The summed E-state index contributed by atoms with van der Waals surface area (Å²) in [6.45, 7) is 3.27. The van der Waals surface area contributed by atoms with Crippen LogP contribution in [0.3, 0.4) is 0 Å². The maximum atomic E-state index is 10.4. The Morgan fingerprint density at radius 1 is 1.75 bits per heavy atom. The number of ketones is 1. The van der Waals surface area contributed by atoms with E-state index in [1.807, 2.05) is 0 Å². The van der Waals surface area contributed by atoms with E-state index in [2.05, 4.69) is 12.6 Å². The minimum atomic E-state index is -0.404. The van der Waals surface area contributed by atoms with Crippen LogP contribution in [-0.4, -0.2) is 17.1 Å². The Bertz CT molecular complexity index is 92.4. The van der Waals surface area contributed by atoms with Crippen LogP contribution < -0.4 is 5.73 Å². The van der Waals surface area contributed by atoms with E-state index in [1.165, 1.54) is 6.92 Å². The van der Waals surface area contributed by atoms with Crippen molar-refractivity contribution in [3.63, 3.8) is 0 Å². The Hall–Kier alpha value is -0.0200. The quantitative estimate of drug-likeness (QED) is 0.529. The molecule has 0 aliphatic heterocycles. The molecule has 48 valence electrons. The van der Waals surface area contributed by atoms with Gasteiger partial charge in [-0.25, -0.2) is 0 Å². The minimum absolute atomic E-state index is 0.00694. The number of nitrogens with two attached hydrogens (primary N) is 1. The lowest BCUT2D eigenvalue weighted by atomic mass is 10.2. The molecule has 0 bridgehead atoms. The first-order chi connectivity index (χ1) is 3.55. The molecule has 0 heterocycles. The lowest BCUT2D eigenvalue weighted by Gasteiger charge is -2.08. The molecule has 0 rings (SSSR count). The van der Waals surface area contributed by atoms with Gasteiger partial charge in [0.05, 0.1) is 6.04 Å². The largest absolute Gasteiger partial charge is 0.321 e. The zero-order chi connectivity index (χ0) is 6.73. The monoisotopic (exact) mass is 133 g/mol. The van der Waals surface area contributed by atoms with Crippen molar-refractivity contribution in [2.75, 3.05) is 0 Å². The third-order valence-electron chi connectivity index (χ3n) is 0.989. The van der Waals surface area contributed by atoms with E-state index in [1.54, 1.807) is 6.92 Å². The Kier molecular flexibility index (Phi) is 3.09. The fourth-order valence-corrected chi connectivity index (χ4v) is 0.550. The van der Waals surface area contributed by atoms with Gasteiger partial charge in [0, 0.05) is 5.25 Å². The van der Waals surface area contributed by atoms with Crippen LogP contribution in [0.2, 0.25) is 0 Å². The van der Waals surface area contributed by atoms with Crippen molar-refractivity contribution in [2.24, 2.45) is 5.73 Å². The first-order valence-corrected chi connectivity index (χ1v) is 3.01. The predicted octanol–water partition coefficient (Wildman–Crippen LogP) is 0.221. The van der Waals surface area contributed by atoms with Gasteiger partial charge < -0.3 is 5.73 Å². The zero-order valence-corrected chi connectivity index (χ0v) is 5.98. The first kappa shape index (κ1) is 7.98. The Balaban J connectivity index is 3.64. The van der Waals surface area contributed by atoms with Gasteiger partial charge in [0.2, 0.25) is 0 Å². The molecule has 2 atom stereocenters. The van der Waals surface area contributed by atoms with Crippen molar-refractivity contribution < 1.29 is 4.79 Å². The van der Waals surface area contributed by atoms with Gasteiger partial charge in [0.25, 0.3) is 0 Å². The van der Waals surface area contributed by atoms with Crippen molar-refractivity contribution in [3.8, 4) is 0 Å². The number of Topliss-reactive ketones (excluding diaryl/α,β-unsaturated/α-hetero) is 1. The third-order valence-corrected chi connectivity index (χ3v) is 1.31. The maximum Gasteiger partial charge on any atom is 0.147 e. The molecule has 0 fully saturated rings. The number of hydrogen-bond donors (Lipinski definition) is 2. The number of carbonyl (C=O) groups excluding carboxylic acids is 1. The highest BCUT2D eigenvalue weighted by atomic mass is 32.1. The van der Waals surface area contributed by atoms with Crippen LogP contribution in [0.4, 0.5) is 0 Å². The SMILES string of the molecule is CC(=O)C(N)[C@H](C)S. The highest BCUT2D eigenvalue weighted by Gasteiger charge is 2.11. The van der Waals surface area contributed by atoms with E-state index < -0.39 is 6.04 Å². The highest BCUT2D eigenvalue weighted by Crippen LogP contribution is 1.97. The smallest absolute Gasteiger partial charge is 0.147 e. The van der Waals surface area contributed by atoms with Crippen molar-refractivity contribution >= 4 is 18.4 Å². The number of hydrogen-bond acceptors (Lipinski definition) is 3. The topological polar surface area (TPSA) is 43.1 Å². The van der Waals surface area contributed by atoms with Gasteiger partial charge in [-0.05, 0) is 6.92 Å². The fraction of sp³-hybridized carbons (Fsp3) is 0.800. The summed E-state index contributed by atoms with van der Waals surface area (Å²) in [5.41, 5.74) is 5.33. The van der Waals surface area contributed by atoms with Crippen molar-refractivity contribution in [1.82, 2.24) is 0 Å². The summed E-state index contributed by atoms with van der Waals surface area (Å²) >= 11 is 3.99. The molecule has 0 aromatic heterocycles. The summed E-state index contributed by atoms with van der Waals surface area (Å²) in [6.07, 6.45) is 0. The minimum Gasteiger partial charge on any atom is -0.321 e. The molecule has 8 heavy (non-hydrogen) atoms. The molecule has 0 spiro atoms. The fourth-order valence-electron chi connectivity index (χ4n) is 0.340. The Labute approximate surface area is 54.9 Å². The van der Waals surface area contributed by atoms with Gasteiger partial charge in [-0.3, -0.25) is 4.79 Å². The second kappa shape index (κ2) is 3.10. The molecule has 0 aromatic carbocycles. The molecule has 0 amide bonds. The van der Waals surface area contributed by atoms with E-state index in [0.29, 0.717) is 0 Å². The highest BCUT2D eigenvalue weighted by molar-refractivity contribution is 7.81. The molecule has 3 heteroatoms. The molecular formula is C5H11NOS. The molecule has 2 N–H and O–H groups in total. The number of rotatable bonds is 2. The summed E-state index contributed by atoms with van der Waals surface area (Å²) in [5, 5.41) is -0.0347. The average Bonchev–Trinajstić information content (AvgIpc) is 1.64. The first-order valence-electron chi connectivity index (χ1n) is 2.50. The molecular weight excluding hydrogens is 122 g/mol. The molecule has 0 aliphatic carbocycles. The van der Waals surface area contributed by atoms with Gasteiger partial charge in [-0.2, -0.15) is 12.6 Å². The van der Waals surface area contributed by atoms with Crippen LogP contribution >= 0.6 is 12.6 Å². The summed E-state index contributed by atoms with van der Waals surface area (Å²) < 4.78 is 0. The standard InChI is InChI=1S/C5H11NOS/c1-3(7)5(6)4(2)8/h4-5,8H,6H2,1-2H3/t4-,5?/m0/s1. The van der Waals surface area contributed by atoms with Gasteiger partial charge in [-0.1, -0.05) is 6.92 Å². The predicted molar refractivity (Wildman–Crippen MR) is 37.1 cm³/mol. The molecule has 0 radical (unpaired) electrons. The number of carbonyl (C=O) groups is 1. The number of thiol groups is 1. The molecule has 0 saturated carbocycles. The molecule has 0 aromatic rings. The van der Waals surface area contributed by atoms with Gasteiger partial charge in [0.1, 0.15) is 5.78 Å². The van der Waals surface area contributed by atoms with E-state index in [0.717, 1.165) is 0 Å². The second-order valence-electron chi connectivity index (χ2n) is 1.88. The van der Waals surface area contributed by atoms with Crippen LogP contribution in [0.1, 0.15) is 13.8 Å². The molecule has 1 unspecified atom stereocenters. The lowest BCUT2D eigenvalue weighted by Crippen LogP contribution is -2.35. The van der Waals surface area contributed by atoms with Crippen LogP contribution in [0.25, 0.3) is 0 Å². The average molecular weight is 133 g/mol. The molecule has 2 nitrogen and oxygen atoms in total.